The van der Waals surface area contributed by atoms with Gasteiger partial charge in [-0.3, -0.25) is 24.9 Å². The Bertz CT molecular complexity index is 928. The van der Waals surface area contributed by atoms with Crippen LogP contribution in [0.2, 0.25) is 10.0 Å². The third-order valence-electron chi connectivity index (χ3n) is 5.19. The number of hydrogen-bond acceptors (Lipinski definition) is 8. The molecule has 1 fully saturated rings. The molecule has 2 aliphatic rings. The lowest BCUT2D eigenvalue weighted by Gasteiger charge is -2.33. The van der Waals surface area contributed by atoms with Crippen LogP contribution in [0.15, 0.2) is 41.1 Å². The number of carbonyl (C=O) groups is 2. The van der Waals surface area contributed by atoms with Crippen molar-refractivity contribution in [1.29, 1.82) is 0 Å². The standard InChI is InChI=1S/C22H28Cl2N4O4S/c1-27-16(10-22(30)31-2)4-6-21(26-27)33-14-20(29)25-11-17-13-28(7-8-32-17)12-15-3-5-18(23)19(24)9-15/h3-6,9,17,26H,7-8,10-14H2,1-2H3,(H,25,29). The molecule has 0 bridgehead atoms. The van der Waals surface area contributed by atoms with E-state index in [1.165, 1.54) is 18.9 Å². The van der Waals surface area contributed by atoms with E-state index in [0.717, 1.165) is 35.9 Å². The van der Waals surface area contributed by atoms with Crippen LogP contribution in [0.1, 0.15) is 12.0 Å². The number of nitrogens with zero attached hydrogens (tertiary/aromatic N) is 2. The normalized spacial score (nSPS) is 18.8. The zero-order valence-corrected chi connectivity index (χ0v) is 20.9. The van der Waals surface area contributed by atoms with Crippen molar-refractivity contribution in [3.05, 3.63) is 56.7 Å². The lowest BCUT2D eigenvalue weighted by atomic mass is 10.2. The van der Waals surface area contributed by atoms with Crippen molar-refractivity contribution in [2.75, 3.05) is 46.2 Å². The number of benzene rings is 1. The molecule has 3 rings (SSSR count). The summed E-state index contributed by atoms with van der Waals surface area (Å²) in [5.74, 6) is -0.105. The van der Waals surface area contributed by atoms with Crippen LogP contribution in [-0.4, -0.2) is 74.0 Å². The highest BCUT2D eigenvalue weighted by atomic mass is 35.5. The summed E-state index contributed by atoms with van der Waals surface area (Å²) in [5.41, 5.74) is 5.02. The van der Waals surface area contributed by atoms with E-state index >= 15 is 0 Å². The molecule has 8 nitrogen and oxygen atoms in total. The molecule has 33 heavy (non-hydrogen) atoms. The summed E-state index contributed by atoms with van der Waals surface area (Å²) in [6.45, 7) is 3.35. The Morgan fingerprint density at radius 1 is 1.30 bits per heavy atom. The van der Waals surface area contributed by atoms with Gasteiger partial charge in [-0.2, -0.15) is 0 Å². The van der Waals surface area contributed by atoms with Gasteiger partial charge in [-0.15, -0.1) is 0 Å². The van der Waals surface area contributed by atoms with Gasteiger partial charge in [0.15, 0.2) is 0 Å². The summed E-state index contributed by atoms with van der Waals surface area (Å²) in [4.78, 5) is 26.0. The Balaban J connectivity index is 1.39. The zero-order chi connectivity index (χ0) is 23.8. The first-order chi connectivity index (χ1) is 15.8. The van der Waals surface area contributed by atoms with E-state index in [9.17, 15) is 9.59 Å². The van der Waals surface area contributed by atoms with Gasteiger partial charge in [0, 0.05) is 38.9 Å². The van der Waals surface area contributed by atoms with Gasteiger partial charge < -0.3 is 14.8 Å². The highest BCUT2D eigenvalue weighted by Crippen LogP contribution is 2.24. The van der Waals surface area contributed by atoms with Crippen molar-refractivity contribution in [2.45, 2.75) is 19.1 Å². The Labute approximate surface area is 208 Å². The van der Waals surface area contributed by atoms with Crippen LogP contribution in [0.4, 0.5) is 0 Å². The quantitative estimate of drug-likeness (QED) is 0.486. The number of hydrogen-bond donors (Lipinski definition) is 2. The van der Waals surface area contributed by atoms with Crippen LogP contribution in [0.25, 0.3) is 0 Å². The van der Waals surface area contributed by atoms with Gasteiger partial charge >= 0.3 is 5.97 Å². The minimum atomic E-state index is -0.306. The molecule has 1 unspecified atom stereocenters. The first-order valence-electron chi connectivity index (χ1n) is 10.5. The van der Waals surface area contributed by atoms with Gasteiger partial charge in [-0.25, -0.2) is 0 Å². The number of methoxy groups -OCH3 is 1. The molecule has 1 aromatic carbocycles. The highest BCUT2D eigenvalue weighted by Gasteiger charge is 2.22. The number of amides is 1. The molecular weight excluding hydrogens is 487 g/mol. The number of esters is 1. The van der Waals surface area contributed by atoms with Crippen molar-refractivity contribution in [1.82, 2.24) is 20.7 Å². The summed E-state index contributed by atoms with van der Waals surface area (Å²) in [6, 6.07) is 5.65. The fourth-order valence-electron chi connectivity index (χ4n) is 3.40. The van der Waals surface area contributed by atoms with Gasteiger partial charge in [0.1, 0.15) is 0 Å². The second kappa shape index (κ2) is 12.5. The Morgan fingerprint density at radius 3 is 2.85 bits per heavy atom. The monoisotopic (exact) mass is 514 g/mol. The maximum Gasteiger partial charge on any atom is 0.311 e. The molecule has 11 heteroatoms. The maximum atomic E-state index is 12.3. The van der Waals surface area contributed by atoms with Gasteiger partial charge in [0.2, 0.25) is 5.91 Å². The van der Waals surface area contributed by atoms with Crippen molar-refractivity contribution in [2.24, 2.45) is 0 Å². The Hall–Kier alpha value is -1.91. The van der Waals surface area contributed by atoms with Crippen LogP contribution in [-0.2, 0) is 25.6 Å². The molecule has 0 aromatic heterocycles. The highest BCUT2D eigenvalue weighted by molar-refractivity contribution is 8.03. The van der Waals surface area contributed by atoms with Crippen molar-refractivity contribution < 1.29 is 19.1 Å². The number of allylic oxidation sites excluding steroid dienone is 2. The van der Waals surface area contributed by atoms with Crippen LogP contribution in [0.5, 0.6) is 0 Å². The van der Waals surface area contributed by atoms with Crippen LogP contribution in [0, 0.1) is 0 Å². The zero-order valence-electron chi connectivity index (χ0n) is 18.6. The lowest BCUT2D eigenvalue weighted by molar-refractivity contribution is -0.140. The number of thioether (sulfide) groups is 1. The van der Waals surface area contributed by atoms with Crippen LogP contribution in [0.3, 0.4) is 0 Å². The van der Waals surface area contributed by atoms with Gasteiger partial charge in [0.05, 0.1) is 47.1 Å². The average Bonchev–Trinajstić information content (AvgIpc) is 2.80. The lowest BCUT2D eigenvalue weighted by Crippen LogP contribution is -2.47. The molecule has 2 aliphatic heterocycles. The number of carbonyl (C=O) groups excluding carboxylic acids is 2. The number of ether oxygens (including phenoxy) is 2. The molecule has 1 saturated heterocycles. The first kappa shape index (κ1) is 25.7. The van der Waals surface area contributed by atoms with E-state index in [4.69, 9.17) is 32.7 Å². The molecule has 2 N–H and O–H groups in total. The second-order valence-corrected chi connectivity index (χ2v) is 9.51. The first-order valence-corrected chi connectivity index (χ1v) is 12.2. The van der Waals surface area contributed by atoms with Gasteiger partial charge in [0.25, 0.3) is 0 Å². The number of nitrogens with one attached hydrogen (secondary N) is 2. The molecule has 1 amide bonds. The maximum absolute atomic E-state index is 12.3. The minimum Gasteiger partial charge on any atom is -0.469 e. The summed E-state index contributed by atoms with van der Waals surface area (Å²) in [7, 11) is 3.17. The minimum absolute atomic E-state index is 0.0695. The van der Waals surface area contributed by atoms with E-state index in [0.29, 0.717) is 23.2 Å². The molecule has 0 aliphatic carbocycles. The largest absolute Gasteiger partial charge is 0.469 e. The number of halogens is 2. The summed E-state index contributed by atoms with van der Waals surface area (Å²) in [5, 5.41) is 6.61. The van der Waals surface area contributed by atoms with E-state index in [1.54, 1.807) is 11.1 Å². The van der Waals surface area contributed by atoms with E-state index < -0.39 is 0 Å². The topological polar surface area (TPSA) is 83.1 Å². The van der Waals surface area contributed by atoms with Gasteiger partial charge in [-0.05, 0) is 29.8 Å². The van der Waals surface area contributed by atoms with E-state index in [-0.39, 0.29) is 30.2 Å². The predicted octanol–water partition coefficient (Wildman–Crippen LogP) is 2.78. The number of rotatable bonds is 9. The van der Waals surface area contributed by atoms with E-state index in [2.05, 4.69) is 15.6 Å². The summed E-state index contributed by atoms with van der Waals surface area (Å²) in [6.07, 6.45) is 3.79. The predicted molar refractivity (Wildman–Crippen MR) is 131 cm³/mol. The fraction of sp³-hybridized carbons (Fsp3) is 0.455. The molecule has 0 saturated carbocycles. The molecule has 1 aromatic rings. The molecular formula is C22H28Cl2N4O4S. The molecule has 1 atom stereocenters. The summed E-state index contributed by atoms with van der Waals surface area (Å²) >= 11 is 13.5. The van der Waals surface area contributed by atoms with Crippen LogP contribution < -0.4 is 10.7 Å². The number of hydrazine groups is 1. The fourth-order valence-corrected chi connectivity index (χ4v) is 4.48. The third kappa shape index (κ3) is 8.12. The smallest absolute Gasteiger partial charge is 0.311 e. The van der Waals surface area contributed by atoms with E-state index in [1.807, 2.05) is 31.3 Å². The van der Waals surface area contributed by atoms with Crippen molar-refractivity contribution in [3.63, 3.8) is 0 Å². The summed E-state index contributed by atoms with van der Waals surface area (Å²) < 4.78 is 10.5. The van der Waals surface area contributed by atoms with Crippen molar-refractivity contribution >= 4 is 46.8 Å². The molecule has 2 heterocycles. The molecule has 0 radical (unpaired) electrons. The van der Waals surface area contributed by atoms with Gasteiger partial charge in [-0.1, -0.05) is 41.0 Å². The Morgan fingerprint density at radius 2 is 2.12 bits per heavy atom. The van der Waals surface area contributed by atoms with Crippen molar-refractivity contribution in [3.8, 4) is 0 Å². The third-order valence-corrected chi connectivity index (χ3v) is 6.87. The SMILES string of the molecule is COC(=O)CC1=CC=C(SCC(=O)NCC2CN(Cc3ccc(Cl)c(Cl)c3)CCO2)NN1C. The number of morpholine rings is 1. The molecule has 180 valence electrons. The van der Waals surface area contributed by atoms with Crippen LogP contribution >= 0.6 is 35.0 Å². The molecule has 0 spiro atoms. The second-order valence-electron chi connectivity index (χ2n) is 7.68. The average molecular weight is 515 g/mol. The Kier molecular flexibility index (Phi) is 9.76.